The first kappa shape index (κ1) is 12.6. The van der Waals surface area contributed by atoms with Crippen molar-refractivity contribution in [3.63, 3.8) is 0 Å². The van der Waals surface area contributed by atoms with Gasteiger partial charge in [-0.2, -0.15) is 0 Å². The van der Waals surface area contributed by atoms with Gasteiger partial charge >= 0.3 is 0 Å². The Balaban J connectivity index is 2.12. The first-order valence-corrected chi connectivity index (χ1v) is 7.85. The van der Waals surface area contributed by atoms with Gasteiger partial charge in [-0.15, -0.1) is 22.7 Å². The zero-order valence-electron chi connectivity index (χ0n) is 11.1. The molecule has 3 heteroatoms. The highest BCUT2D eigenvalue weighted by Crippen LogP contribution is 2.32. The molecule has 2 aromatic heterocycles. The summed E-state index contributed by atoms with van der Waals surface area (Å²) in [6.45, 7) is 6.10. The van der Waals surface area contributed by atoms with E-state index in [0.29, 0.717) is 0 Å². The third-order valence-corrected chi connectivity index (χ3v) is 5.36. The monoisotopic (exact) mass is 286 g/mol. The highest BCUT2D eigenvalue weighted by molar-refractivity contribution is 7.28. The van der Waals surface area contributed by atoms with Crippen LogP contribution >= 0.6 is 22.7 Å². The molecule has 0 aliphatic heterocycles. The van der Waals surface area contributed by atoms with Gasteiger partial charge < -0.3 is 0 Å². The van der Waals surface area contributed by atoms with E-state index < -0.39 is 0 Å². The second-order valence-corrected chi connectivity index (χ2v) is 6.89. The first-order chi connectivity index (χ1) is 9.06. The molecule has 0 saturated heterocycles. The summed E-state index contributed by atoms with van der Waals surface area (Å²) in [7, 11) is 0. The Morgan fingerprint density at radius 3 is 2.32 bits per heavy atom. The number of benzene rings is 1. The third-order valence-electron chi connectivity index (χ3n) is 3.27. The number of rotatable bonds is 2. The number of fused-ring (bicyclic) bond motifs is 1. The van der Waals surface area contributed by atoms with Crippen molar-refractivity contribution in [2.45, 2.75) is 20.8 Å². The summed E-state index contributed by atoms with van der Waals surface area (Å²) < 4.78 is 2.41. The summed E-state index contributed by atoms with van der Waals surface area (Å²) in [4.78, 5) is 13.5. The van der Waals surface area contributed by atoms with Gasteiger partial charge in [0.05, 0.1) is 4.88 Å². The van der Waals surface area contributed by atoms with Crippen molar-refractivity contribution in [1.29, 1.82) is 0 Å². The number of carbonyl (C=O) groups is 1. The number of carbonyl (C=O) groups excluding carboxylic acids is 1. The number of ketones is 1. The number of aryl methyl sites for hydroxylation is 3. The lowest BCUT2D eigenvalue weighted by atomic mass is 9.96. The number of thiophene rings is 2. The zero-order valence-corrected chi connectivity index (χ0v) is 12.7. The van der Waals surface area contributed by atoms with E-state index in [-0.39, 0.29) is 5.78 Å². The molecule has 3 aromatic rings. The molecule has 0 atom stereocenters. The Labute approximate surface area is 120 Å². The van der Waals surface area contributed by atoms with Crippen LogP contribution in [-0.4, -0.2) is 5.78 Å². The van der Waals surface area contributed by atoms with Crippen LogP contribution in [0.2, 0.25) is 0 Å². The smallest absolute Gasteiger partial charge is 0.203 e. The summed E-state index contributed by atoms with van der Waals surface area (Å²) >= 11 is 3.28. The van der Waals surface area contributed by atoms with E-state index in [1.165, 1.54) is 15.0 Å². The topological polar surface area (TPSA) is 17.1 Å². The molecule has 0 unspecified atom stereocenters. The van der Waals surface area contributed by atoms with Gasteiger partial charge in [0.1, 0.15) is 0 Å². The molecule has 3 rings (SSSR count). The molecule has 1 nitrogen and oxygen atoms in total. The Bertz CT molecular complexity index is 725. The highest BCUT2D eigenvalue weighted by atomic mass is 32.1. The van der Waals surface area contributed by atoms with Gasteiger partial charge in [0.15, 0.2) is 0 Å². The second-order valence-electron chi connectivity index (χ2n) is 4.86. The fraction of sp³-hybridized carbons (Fsp3) is 0.188. The average Bonchev–Trinajstić information content (AvgIpc) is 2.86. The van der Waals surface area contributed by atoms with Crippen molar-refractivity contribution in [3.05, 3.63) is 56.8 Å². The number of hydrogen-bond acceptors (Lipinski definition) is 3. The van der Waals surface area contributed by atoms with E-state index in [0.717, 1.165) is 21.6 Å². The van der Waals surface area contributed by atoms with Gasteiger partial charge in [-0.25, -0.2) is 0 Å². The predicted molar refractivity (Wildman–Crippen MR) is 83.8 cm³/mol. The average molecular weight is 286 g/mol. The minimum Gasteiger partial charge on any atom is -0.288 e. The molecule has 0 bridgehead atoms. The van der Waals surface area contributed by atoms with E-state index in [2.05, 4.69) is 30.5 Å². The molecule has 0 N–H and O–H groups in total. The van der Waals surface area contributed by atoms with Crippen molar-refractivity contribution in [1.82, 2.24) is 0 Å². The van der Waals surface area contributed by atoms with Crippen LogP contribution in [0.25, 0.3) is 9.40 Å². The van der Waals surface area contributed by atoms with Crippen LogP contribution in [0.15, 0.2) is 29.6 Å². The van der Waals surface area contributed by atoms with Gasteiger partial charge in [0.2, 0.25) is 5.78 Å². The Hall–Kier alpha value is -1.45. The quantitative estimate of drug-likeness (QED) is 0.598. The maximum atomic E-state index is 12.7. The summed E-state index contributed by atoms with van der Waals surface area (Å²) in [5.74, 6) is 0.156. The molecule has 0 spiro atoms. The summed E-state index contributed by atoms with van der Waals surface area (Å²) in [6, 6.07) is 8.26. The van der Waals surface area contributed by atoms with E-state index in [4.69, 9.17) is 0 Å². The van der Waals surface area contributed by atoms with Crippen molar-refractivity contribution in [2.24, 2.45) is 0 Å². The lowest BCUT2D eigenvalue weighted by Crippen LogP contribution is -2.05. The molecule has 0 aliphatic carbocycles. The molecule has 96 valence electrons. The van der Waals surface area contributed by atoms with Crippen LogP contribution in [0.4, 0.5) is 0 Å². The Morgan fingerprint density at radius 2 is 1.68 bits per heavy atom. The molecule has 0 amide bonds. The molecule has 0 radical (unpaired) electrons. The molecule has 0 saturated carbocycles. The van der Waals surface area contributed by atoms with Crippen molar-refractivity contribution >= 4 is 37.9 Å². The van der Waals surface area contributed by atoms with Crippen molar-refractivity contribution in [2.75, 3.05) is 0 Å². The third kappa shape index (κ3) is 2.13. The zero-order chi connectivity index (χ0) is 13.6. The molecule has 0 fully saturated rings. The summed E-state index contributed by atoms with van der Waals surface area (Å²) in [5.41, 5.74) is 4.21. The van der Waals surface area contributed by atoms with Crippen LogP contribution in [0, 0.1) is 20.8 Å². The molecular formula is C16H14OS2. The fourth-order valence-corrected chi connectivity index (χ4v) is 4.59. The molecular weight excluding hydrogens is 272 g/mol. The van der Waals surface area contributed by atoms with Crippen LogP contribution in [0.1, 0.15) is 31.9 Å². The van der Waals surface area contributed by atoms with Gasteiger partial charge in [-0.05, 0) is 49.4 Å². The van der Waals surface area contributed by atoms with Crippen LogP contribution in [-0.2, 0) is 0 Å². The lowest BCUT2D eigenvalue weighted by Gasteiger charge is -2.09. The SMILES string of the molecule is Cc1cc(C)c(C(=O)c2cc3sccc3s2)c(C)c1. The largest absolute Gasteiger partial charge is 0.288 e. The Morgan fingerprint density at radius 1 is 1.00 bits per heavy atom. The second kappa shape index (κ2) is 4.58. The first-order valence-electron chi connectivity index (χ1n) is 6.16. The lowest BCUT2D eigenvalue weighted by molar-refractivity contribution is 0.104. The van der Waals surface area contributed by atoms with Gasteiger partial charge in [0.25, 0.3) is 0 Å². The van der Waals surface area contributed by atoms with E-state index in [1.807, 2.05) is 19.9 Å². The van der Waals surface area contributed by atoms with Crippen LogP contribution in [0.5, 0.6) is 0 Å². The summed E-state index contributed by atoms with van der Waals surface area (Å²) in [6.07, 6.45) is 0. The fourth-order valence-electron chi connectivity index (χ4n) is 2.54. The standard InChI is InChI=1S/C16H14OS2/c1-9-6-10(2)15(11(3)7-9)16(17)14-8-13-12(19-14)4-5-18-13/h4-8H,1-3H3. The predicted octanol–water partition coefficient (Wildman–Crippen LogP) is 5.12. The molecule has 19 heavy (non-hydrogen) atoms. The van der Waals surface area contributed by atoms with E-state index in [1.54, 1.807) is 22.7 Å². The van der Waals surface area contributed by atoms with Gasteiger partial charge in [-0.3, -0.25) is 4.79 Å². The van der Waals surface area contributed by atoms with E-state index >= 15 is 0 Å². The minimum atomic E-state index is 0.156. The maximum Gasteiger partial charge on any atom is 0.203 e. The maximum absolute atomic E-state index is 12.7. The normalized spacial score (nSPS) is 11.1. The minimum absolute atomic E-state index is 0.156. The summed E-state index contributed by atoms with van der Waals surface area (Å²) in [5, 5.41) is 2.07. The Kier molecular flexibility index (Phi) is 3.03. The van der Waals surface area contributed by atoms with Crippen LogP contribution < -0.4 is 0 Å². The van der Waals surface area contributed by atoms with Gasteiger partial charge in [0, 0.05) is 15.0 Å². The number of hydrogen-bond donors (Lipinski definition) is 0. The molecule has 1 aromatic carbocycles. The van der Waals surface area contributed by atoms with Gasteiger partial charge in [-0.1, -0.05) is 17.7 Å². The molecule has 0 aliphatic rings. The highest BCUT2D eigenvalue weighted by Gasteiger charge is 2.17. The van der Waals surface area contributed by atoms with Crippen LogP contribution in [0.3, 0.4) is 0 Å². The van der Waals surface area contributed by atoms with Crippen molar-refractivity contribution in [3.8, 4) is 0 Å². The van der Waals surface area contributed by atoms with Crippen molar-refractivity contribution < 1.29 is 4.79 Å². The molecule has 2 heterocycles. The van der Waals surface area contributed by atoms with E-state index in [9.17, 15) is 4.79 Å².